The maximum Gasteiger partial charge on any atom is 0.309 e. The molecule has 2 aromatic carbocycles. The lowest BCUT2D eigenvalue weighted by molar-refractivity contribution is -0.139. The highest BCUT2D eigenvalue weighted by molar-refractivity contribution is 7.89. The monoisotopic (exact) mass is 477 g/mol. The normalized spacial score (nSPS) is 16.7. The maximum absolute atomic E-state index is 13.2. The number of rotatable bonds is 8. The van der Waals surface area contributed by atoms with Gasteiger partial charge in [-0.15, -0.1) is 0 Å². The number of nitrogens with one attached hydrogen (secondary N) is 2. The van der Waals surface area contributed by atoms with E-state index in [4.69, 9.17) is 4.74 Å². The molecule has 178 valence electrons. The zero-order valence-electron chi connectivity index (χ0n) is 18.4. The number of sulfonamides is 1. The average molecular weight is 478 g/mol. The van der Waals surface area contributed by atoms with E-state index in [1.54, 1.807) is 31.4 Å². The van der Waals surface area contributed by atoms with Crippen LogP contribution in [0.15, 0.2) is 53.4 Å². The summed E-state index contributed by atoms with van der Waals surface area (Å²) in [5.74, 6) is -1.34. The van der Waals surface area contributed by atoms with Crippen LogP contribution in [-0.4, -0.2) is 50.8 Å². The Bertz CT molecular complexity index is 1060. The van der Waals surface area contributed by atoms with Crippen molar-refractivity contribution in [2.45, 2.75) is 43.2 Å². The molecule has 10 heteroatoms. The first kappa shape index (κ1) is 24.7. The van der Waals surface area contributed by atoms with Gasteiger partial charge in [0.1, 0.15) is 11.6 Å². The Morgan fingerprint density at radius 3 is 2.36 bits per heavy atom. The van der Waals surface area contributed by atoms with Crippen molar-refractivity contribution in [1.29, 1.82) is 0 Å². The molecular formula is C23H28FN3O5S. The van der Waals surface area contributed by atoms with Gasteiger partial charge in [-0.2, -0.15) is 4.31 Å². The van der Waals surface area contributed by atoms with Crippen LogP contribution in [0.1, 0.15) is 31.2 Å². The van der Waals surface area contributed by atoms with Gasteiger partial charge in [0.25, 0.3) is 0 Å². The number of nitrogens with zero attached hydrogens (tertiary/aromatic N) is 1. The number of carbonyl (C=O) groups is 2. The first-order chi connectivity index (χ1) is 15.8. The number of amides is 2. The van der Waals surface area contributed by atoms with Crippen molar-refractivity contribution in [1.82, 2.24) is 14.9 Å². The Labute approximate surface area is 193 Å². The Morgan fingerprint density at radius 1 is 1.03 bits per heavy atom. The fourth-order valence-corrected chi connectivity index (χ4v) is 5.48. The second-order valence-electron chi connectivity index (χ2n) is 7.79. The minimum Gasteiger partial charge on any atom is -0.497 e. The van der Waals surface area contributed by atoms with E-state index in [2.05, 4.69) is 10.6 Å². The smallest absolute Gasteiger partial charge is 0.309 e. The molecule has 2 aromatic rings. The third kappa shape index (κ3) is 6.52. The summed E-state index contributed by atoms with van der Waals surface area (Å²) in [5.41, 5.74) is 0.820. The van der Waals surface area contributed by atoms with Crippen molar-refractivity contribution < 1.29 is 27.1 Å². The molecule has 0 spiro atoms. The summed E-state index contributed by atoms with van der Waals surface area (Å²) in [6.45, 7) is 0.720. The topological polar surface area (TPSA) is 105 Å². The highest BCUT2D eigenvalue weighted by atomic mass is 32.2. The number of methoxy groups -OCH3 is 1. The summed E-state index contributed by atoms with van der Waals surface area (Å²) in [7, 11) is -2.21. The quantitative estimate of drug-likeness (QED) is 0.567. The van der Waals surface area contributed by atoms with Gasteiger partial charge in [-0.3, -0.25) is 9.59 Å². The van der Waals surface area contributed by atoms with Crippen molar-refractivity contribution >= 4 is 21.8 Å². The van der Waals surface area contributed by atoms with Crippen molar-refractivity contribution in [3.63, 3.8) is 0 Å². The van der Waals surface area contributed by atoms with Crippen molar-refractivity contribution in [2.75, 3.05) is 20.2 Å². The highest BCUT2D eigenvalue weighted by Gasteiger charge is 2.33. The van der Waals surface area contributed by atoms with E-state index in [1.165, 1.54) is 16.4 Å². The second-order valence-corrected chi connectivity index (χ2v) is 9.69. The van der Waals surface area contributed by atoms with Crippen molar-refractivity contribution in [3.05, 3.63) is 59.9 Å². The molecule has 0 aromatic heterocycles. The van der Waals surface area contributed by atoms with Crippen LogP contribution in [0.2, 0.25) is 0 Å². The number of halogens is 1. The molecule has 1 heterocycles. The van der Waals surface area contributed by atoms with Crippen LogP contribution in [0.5, 0.6) is 5.75 Å². The molecule has 0 aliphatic carbocycles. The lowest BCUT2D eigenvalue weighted by atomic mass is 10.0. The van der Waals surface area contributed by atoms with E-state index >= 15 is 0 Å². The number of ether oxygens (including phenoxy) is 1. The summed E-state index contributed by atoms with van der Waals surface area (Å²) in [5, 5.41) is 5.12. The Hall–Kier alpha value is -2.98. The average Bonchev–Trinajstić information content (AvgIpc) is 2.83. The lowest BCUT2D eigenvalue weighted by Crippen LogP contribution is -2.46. The van der Waals surface area contributed by atoms with Gasteiger partial charge in [-0.1, -0.05) is 18.6 Å². The van der Waals surface area contributed by atoms with E-state index in [-0.39, 0.29) is 24.0 Å². The van der Waals surface area contributed by atoms with E-state index in [0.717, 1.165) is 30.5 Å². The Balaban J connectivity index is 1.50. The van der Waals surface area contributed by atoms with Crippen molar-refractivity contribution in [3.8, 4) is 5.75 Å². The summed E-state index contributed by atoms with van der Waals surface area (Å²) < 4.78 is 45.7. The Kier molecular flexibility index (Phi) is 8.40. The summed E-state index contributed by atoms with van der Waals surface area (Å²) in [6, 6.07) is 11.5. The molecule has 1 aliphatic rings. The molecule has 1 saturated heterocycles. The van der Waals surface area contributed by atoms with Crippen LogP contribution in [-0.2, 0) is 26.2 Å². The maximum atomic E-state index is 13.2. The molecule has 2 amide bonds. The molecule has 0 unspecified atom stereocenters. The predicted molar refractivity (Wildman–Crippen MR) is 120 cm³/mol. The van der Waals surface area contributed by atoms with Crippen LogP contribution >= 0.6 is 0 Å². The van der Waals surface area contributed by atoms with Gasteiger partial charge in [-0.05, 0) is 61.2 Å². The summed E-state index contributed by atoms with van der Waals surface area (Å²) in [6.07, 6.45) is 2.63. The molecule has 2 N–H and O–H groups in total. The van der Waals surface area contributed by atoms with Gasteiger partial charge < -0.3 is 15.4 Å². The molecule has 8 nitrogen and oxygen atoms in total. The van der Waals surface area contributed by atoms with Crippen LogP contribution in [0.25, 0.3) is 0 Å². The van der Waals surface area contributed by atoms with Crippen LogP contribution < -0.4 is 15.4 Å². The minimum absolute atomic E-state index is 0.0396. The number of benzene rings is 2. The predicted octanol–water partition coefficient (Wildman–Crippen LogP) is 2.20. The number of piperidine rings is 1. The summed E-state index contributed by atoms with van der Waals surface area (Å²) in [4.78, 5) is 24.2. The second kappa shape index (κ2) is 11.2. The molecule has 0 saturated carbocycles. The van der Waals surface area contributed by atoms with Gasteiger partial charge in [-0.25, -0.2) is 12.8 Å². The molecule has 1 aliphatic heterocycles. The number of hydrogen-bond donors (Lipinski definition) is 2. The van der Waals surface area contributed by atoms with E-state index in [1.807, 2.05) is 0 Å². The van der Waals surface area contributed by atoms with E-state index < -0.39 is 27.7 Å². The SMILES string of the molecule is COc1ccc(CNC(=O)C(=O)NCC[C@H]2CCCCN2S(=O)(=O)c2ccc(F)cc2)cc1. The molecular weight excluding hydrogens is 449 g/mol. The lowest BCUT2D eigenvalue weighted by Gasteiger charge is -2.34. The fourth-order valence-electron chi connectivity index (χ4n) is 3.76. The minimum atomic E-state index is -3.77. The van der Waals surface area contributed by atoms with Gasteiger partial charge in [0.15, 0.2) is 0 Å². The third-order valence-electron chi connectivity index (χ3n) is 5.57. The van der Waals surface area contributed by atoms with Crippen LogP contribution in [0, 0.1) is 5.82 Å². The van der Waals surface area contributed by atoms with E-state index in [9.17, 15) is 22.4 Å². The van der Waals surface area contributed by atoms with Gasteiger partial charge in [0.2, 0.25) is 10.0 Å². The van der Waals surface area contributed by atoms with Crippen LogP contribution in [0.3, 0.4) is 0 Å². The molecule has 3 rings (SSSR count). The number of hydrogen-bond acceptors (Lipinski definition) is 5. The highest BCUT2D eigenvalue weighted by Crippen LogP contribution is 2.27. The first-order valence-electron chi connectivity index (χ1n) is 10.8. The molecule has 1 atom stereocenters. The molecule has 0 radical (unpaired) electrons. The molecule has 1 fully saturated rings. The zero-order chi connectivity index (χ0) is 23.8. The van der Waals surface area contributed by atoms with Gasteiger partial charge in [0.05, 0.1) is 12.0 Å². The van der Waals surface area contributed by atoms with Crippen LogP contribution in [0.4, 0.5) is 4.39 Å². The van der Waals surface area contributed by atoms with Crippen molar-refractivity contribution in [2.24, 2.45) is 0 Å². The van der Waals surface area contributed by atoms with Gasteiger partial charge >= 0.3 is 11.8 Å². The third-order valence-corrected chi connectivity index (χ3v) is 7.54. The first-order valence-corrected chi connectivity index (χ1v) is 12.2. The molecule has 33 heavy (non-hydrogen) atoms. The Morgan fingerprint density at radius 2 is 1.70 bits per heavy atom. The number of carbonyl (C=O) groups excluding carboxylic acids is 2. The molecule has 0 bridgehead atoms. The van der Waals surface area contributed by atoms with E-state index in [0.29, 0.717) is 25.1 Å². The zero-order valence-corrected chi connectivity index (χ0v) is 19.2. The largest absolute Gasteiger partial charge is 0.497 e. The standard InChI is InChI=1S/C23H28FN3O5S/c1-32-20-9-5-17(6-10-20)16-26-23(29)22(28)25-14-13-19-4-2-3-15-27(19)33(30,31)21-11-7-18(24)8-12-21/h5-12,19H,2-4,13-16H2,1H3,(H,25,28)(H,26,29)/t19-/m1/s1. The summed E-state index contributed by atoms with van der Waals surface area (Å²) >= 11 is 0. The van der Waals surface area contributed by atoms with Gasteiger partial charge in [0, 0.05) is 25.7 Å². The fraction of sp³-hybridized carbons (Fsp3) is 0.391.